The lowest BCUT2D eigenvalue weighted by atomic mass is 10.0. The lowest BCUT2D eigenvalue weighted by Gasteiger charge is -2.25. The van der Waals surface area contributed by atoms with Gasteiger partial charge in [0.25, 0.3) is 0 Å². The van der Waals surface area contributed by atoms with E-state index in [1.807, 2.05) is 18.2 Å². The Morgan fingerprint density at radius 3 is 1.90 bits per heavy atom. The molecular weight excluding hydrogens is 588 g/mol. The predicted octanol–water partition coefficient (Wildman–Crippen LogP) is 12.6. The van der Waals surface area contributed by atoms with Gasteiger partial charge in [0.05, 0.1) is 16.9 Å². The van der Waals surface area contributed by atoms with Gasteiger partial charge in [-0.3, -0.25) is 0 Å². The Balaban J connectivity index is 1.23. The maximum atomic E-state index is 6.97. The Kier molecular flexibility index (Phi) is 5.84. The normalized spacial score (nSPS) is 11.8. The van der Waals surface area contributed by atoms with Crippen molar-refractivity contribution in [2.75, 3.05) is 4.90 Å². The highest BCUT2D eigenvalue weighted by Crippen LogP contribution is 2.46. The van der Waals surface area contributed by atoms with E-state index in [4.69, 9.17) is 8.83 Å². The molecule has 0 fully saturated rings. The molecule has 0 N–H and O–H groups in total. The SMILES string of the molecule is c1ccc(-c2ccc(N(c3ccc4c(c3)oc3ccccc34)c3cccc4c3oc3c5ccccc5n(-c5ccccc5)c43)cc2)cc1. The molecule has 0 bridgehead atoms. The average Bonchev–Trinajstić information content (AvgIpc) is 3.82. The van der Waals surface area contributed by atoms with Crippen molar-refractivity contribution in [3.8, 4) is 16.8 Å². The number of para-hydroxylation sites is 4. The molecule has 0 radical (unpaired) electrons. The summed E-state index contributed by atoms with van der Waals surface area (Å²) in [7, 11) is 0. The Labute approximate surface area is 276 Å². The van der Waals surface area contributed by atoms with Crippen LogP contribution < -0.4 is 4.90 Å². The number of benzene rings is 7. The van der Waals surface area contributed by atoms with Crippen LogP contribution in [0.1, 0.15) is 0 Å². The van der Waals surface area contributed by atoms with Gasteiger partial charge >= 0.3 is 0 Å². The van der Waals surface area contributed by atoms with E-state index in [0.717, 1.165) is 83.2 Å². The molecule has 0 atom stereocenters. The van der Waals surface area contributed by atoms with Crippen LogP contribution in [0.5, 0.6) is 0 Å². The second kappa shape index (κ2) is 10.5. The number of furan rings is 2. The van der Waals surface area contributed by atoms with Gasteiger partial charge in [-0.25, -0.2) is 0 Å². The summed E-state index contributed by atoms with van der Waals surface area (Å²) in [5.41, 5.74) is 12.0. The number of hydrogen-bond donors (Lipinski definition) is 0. The van der Waals surface area contributed by atoms with E-state index < -0.39 is 0 Å². The van der Waals surface area contributed by atoms with Gasteiger partial charge in [0.1, 0.15) is 16.7 Å². The van der Waals surface area contributed by atoms with Crippen LogP contribution >= 0.6 is 0 Å². The quantitative estimate of drug-likeness (QED) is 0.193. The van der Waals surface area contributed by atoms with E-state index in [2.05, 4.69) is 161 Å². The molecule has 0 unspecified atom stereocenters. The van der Waals surface area contributed by atoms with Crippen LogP contribution in [0.2, 0.25) is 0 Å². The van der Waals surface area contributed by atoms with Gasteiger partial charge in [0.2, 0.25) is 0 Å². The molecule has 10 aromatic rings. The number of rotatable bonds is 5. The number of fused-ring (bicyclic) bond motifs is 8. The maximum Gasteiger partial charge on any atom is 0.161 e. The van der Waals surface area contributed by atoms with Gasteiger partial charge in [0, 0.05) is 39.0 Å². The van der Waals surface area contributed by atoms with Gasteiger partial charge in [-0.15, -0.1) is 0 Å². The van der Waals surface area contributed by atoms with E-state index in [9.17, 15) is 0 Å². The van der Waals surface area contributed by atoms with Crippen LogP contribution in [0.15, 0.2) is 179 Å². The first-order chi connectivity index (χ1) is 23.8. The average molecular weight is 617 g/mol. The largest absolute Gasteiger partial charge is 0.456 e. The third-order valence-corrected chi connectivity index (χ3v) is 9.39. The second-order valence-corrected chi connectivity index (χ2v) is 12.1. The molecule has 0 aliphatic carbocycles. The van der Waals surface area contributed by atoms with Crippen LogP contribution in [0.4, 0.5) is 17.1 Å². The molecule has 7 aromatic carbocycles. The fraction of sp³-hybridized carbons (Fsp3) is 0. The summed E-state index contributed by atoms with van der Waals surface area (Å²) >= 11 is 0. The van der Waals surface area contributed by atoms with Gasteiger partial charge < -0.3 is 18.3 Å². The summed E-state index contributed by atoms with van der Waals surface area (Å²) in [6.07, 6.45) is 0. The highest BCUT2D eigenvalue weighted by Gasteiger charge is 2.24. The van der Waals surface area contributed by atoms with E-state index in [0.29, 0.717) is 0 Å². The van der Waals surface area contributed by atoms with E-state index in [1.165, 1.54) is 5.56 Å². The molecule has 0 spiro atoms. The lowest BCUT2D eigenvalue weighted by molar-refractivity contribution is 0.668. The summed E-state index contributed by atoms with van der Waals surface area (Å²) < 4.78 is 15.7. The molecule has 3 aromatic heterocycles. The second-order valence-electron chi connectivity index (χ2n) is 12.1. The van der Waals surface area contributed by atoms with Gasteiger partial charge in [-0.05, 0) is 77.9 Å². The number of aromatic nitrogens is 1. The van der Waals surface area contributed by atoms with E-state index >= 15 is 0 Å². The molecule has 226 valence electrons. The van der Waals surface area contributed by atoms with Crippen molar-refractivity contribution >= 4 is 72.0 Å². The molecule has 0 aliphatic heterocycles. The smallest absolute Gasteiger partial charge is 0.161 e. The summed E-state index contributed by atoms with van der Waals surface area (Å²) in [4.78, 5) is 2.28. The van der Waals surface area contributed by atoms with Crippen molar-refractivity contribution in [2.45, 2.75) is 0 Å². The molecule has 4 nitrogen and oxygen atoms in total. The topological polar surface area (TPSA) is 34.5 Å². The minimum absolute atomic E-state index is 0.828. The first-order valence-electron chi connectivity index (χ1n) is 16.2. The Morgan fingerprint density at radius 1 is 0.417 bits per heavy atom. The highest BCUT2D eigenvalue weighted by molar-refractivity contribution is 6.19. The third kappa shape index (κ3) is 4.03. The minimum atomic E-state index is 0.828. The molecule has 10 rings (SSSR count). The summed E-state index contributed by atoms with van der Waals surface area (Å²) in [6.45, 7) is 0. The predicted molar refractivity (Wildman–Crippen MR) is 198 cm³/mol. The van der Waals surface area contributed by atoms with E-state index in [-0.39, 0.29) is 0 Å². The first kappa shape index (κ1) is 26.7. The number of hydrogen-bond acceptors (Lipinski definition) is 3. The monoisotopic (exact) mass is 616 g/mol. The van der Waals surface area contributed by atoms with Crippen LogP contribution in [0, 0.1) is 0 Å². The van der Waals surface area contributed by atoms with Crippen molar-refractivity contribution in [1.29, 1.82) is 0 Å². The number of nitrogens with zero attached hydrogens (tertiary/aromatic N) is 2. The molecule has 0 saturated carbocycles. The summed E-state index contributed by atoms with van der Waals surface area (Å²) in [5, 5.41) is 4.35. The molecular formula is C44H28N2O2. The molecule has 4 heteroatoms. The zero-order valence-electron chi connectivity index (χ0n) is 25.9. The fourth-order valence-corrected chi connectivity index (χ4v) is 7.21. The minimum Gasteiger partial charge on any atom is -0.456 e. The Morgan fingerprint density at radius 2 is 1.06 bits per heavy atom. The summed E-state index contributed by atoms with van der Waals surface area (Å²) in [5.74, 6) is 0. The van der Waals surface area contributed by atoms with E-state index in [1.54, 1.807) is 0 Å². The Bertz CT molecular complexity index is 2770. The molecule has 0 saturated heterocycles. The zero-order chi connectivity index (χ0) is 31.6. The van der Waals surface area contributed by atoms with Gasteiger partial charge in [-0.2, -0.15) is 0 Å². The summed E-state index contributed by atoms with van der Waals surface area (Å²) in [6, 6.07) is 59.4. The van der Waals surface area contributed by atoms with Crippen molar-refractivity contribution in [3.05, 3.63) is 170 Å². The van der Waals surface area contributed by atoms with Crippen molar-refractivity contribution in [3.63, 3.8) is 0 Å². The van der Waals surface area contributed by atoms with Crippen molar-refractivity contribution in [1.82, 2.24) is 4.57 Å². The Hall–Kier alpha value is -6.52. The van der Waals surface area contributed by atoms with Gasteiger partial charge in [0.15, 0.2) is 11.2 Å². The first-order valence-corrected chi connectivity index (χ1v) is 16.2. The standard InChI is InChI=1S/C44H28N2O2/c1-3-12-29(13-4-1)30-22-24-32(25-23-30)45(33-26-27-35-34-16-8-10-21-40(34)47-41(35)28-33)39-20-11-18-37-42-44(48-43(37)39)36-17-7-9-19-38(36)46(42)31-14-5-2-6-15-31/h1-28H. The third-order valence-electron chi connectivity index (χ3n) is 9.39. The zero-order valence-corrected chi connectivity index (χ0v) is 25.9. The molecule has 48 heavy (non-hydrogen) atoms. The highest BCUT2D eigenvalue weighted by atomic mass is 16.3. The van der Waals surface area contributed by atoms with Gasteiger partial charge in [-0.1, -0.05) is 97.1 Å². The molecule has 0 aliphatic rings. The maximum absolute atomic E-state index is 6.97. The van der Waals surface area contributed by atoms with Crippen LogP contribution in [-0.4, -0.2) is 4.57 Å². The molecule has 3 heterocycles. The van der Waals surface area contributed by atoms with Crippen molar-refractivity contribution < 1.29 is 8.83 Å². The van der Waals surface area contributed by atoms with Crippen molar-refractivity contribution in [2.24, 2.45) is 0 Å². The molecule has 0 amide bonds. The number of anilines is 3. The van der Waals surface area contributed by atoms with Crippen LogP contribution in [0.25, 0.3) is 71.7 Å². The van der Waals surface area contributed by atoms with Crippen LogP contribution in [-0.2, 0) is 0 Å². The lowest BCUT2D eigenvalue weighted by Crippen LogP contribution is -2.10. The fourth-order valence-electron chi connectivity index (χ4n) is 7.21. The van der Waals surface area contributed by atoms with Crippen LogP contribution in [0.3, 0.4) is 0 Å².